The largest absolute Gasteiger partial charge is 0.370 e. The third-order valence-electron chi connectivity index (χ3n) is 2.30. The summed E-state index contributed by atoms with van der Waals surface area (Å²) >= 11 is 0. The lowest BCUT2D eigenvalue weighted by Crippen LogP contribution is -2.10. The first-order chi connectivity index (χ1) is 8.61. The van der Waals surface area contributed by atoms with Gasteiger partial charge in [-0.2, -0.15) is 4.98 Å². The quantitative estimate of drug-likeness (QED) is 0.705. The van der Waals surface area contributed by atoms with Gasteiger partial charge >= 0.3 is 0 Å². The number of anilines is 2. The molecule has 0 aromatic carbocycles. The van der Waals surface area contributed by atoms with Crippen molar-refractivity contribution >= 4 is 22.6 Å². The number of nitrogens with one attached hydrogen (secondary N) is 2. The topological polar surface area (TPSA) is 66.9 Å². The van der Waals surface area contributed by atoms with Crippen molar-refractivity contribution in [3.05, 3.63) is 11.8 Å². The Bertz CT molecular complexity index is 398. The smallest absolute Gasteiger partial charge is 0.224 e. The minimum Gasteiger partial charge on any atom is -0.370 e. The molecule has 1 atom stereocenters. The molecule has 1 heterocycles. The van der Waals surface area contributed by atoms with Gasteiger partial charge < -0.3 is 10.6 Å². The summed E-state index contributed by atoms with van der Waals surface area (Å²) in [5.74, 6) is 2.21. The van der Waals surface area contributed by atoms with E-state index in [1.54, 1.807) is 6.26 Å². The SMILES string of the molecule is CCCNc1nc(C)cc(NCCCS(C)=O)n1. The molecular weight excluding hydrogens is 248 g/mol. The van der Waals surface area contributed by atoms with E-state index in [1.165, 1.54) is 0 Å². The molecule has 0 aliphatic carbocycles. The van der Waals surface area contributed by atoms with Crippen LogP contribution in [0.25, 0.3) is 0 Å². The third-order valence-corrected chi connectivity index (χ3v) is 3.17. The molecule has 1 aromatic rings. The fourth-order valence-electron chi connectivity index (χ4n) is 1.47. The lowest BCUT2D eigenvalue weighted by molar-refractivity contribution is 0.685. The maximum Gasteiger partial charge on any atom is 0.224 e. The van der Waals surface area contributed by atoms with Gasteiger partial charge in [0.15, 0.2) is 0 Å². The summed E-state index contributed by atoms with van der Waals surface area (Å²) in [5.41, 5.74) is 0.935. The van der Waals surface area contributed by atoms with E-state index in [0.29, 0.717) is 5.95 Å². The van der Waals surface area contributed by atoms with Gasteiger partial charge in [0.2, 0.25) is 5.95 Å². The van der Waals surface area contributed by atoms with Crippen LogP contribution in [0, 0.1) is 6.92 Å². The molecular formula is C12H22N4OS. The van der Waals surface area contributed by atoms with E-state index in [0.717, 1.165) is 43.2 Å². The Balaban J connectivity index is 2.48. The zero-order valence-corrected chi connectivity index (χ0v) is 12.1. The van der Waals surface area contributed by atoms with E-state index < -0.39 is 10.8 Å². The van der Waals surface area contributed by atoms with Crippen molar-refractivity contribution in [3.63, 3.8) is 0 Å². The Hall–Kier alpha value is -1.17. The minimum atomic E-state index is -0.722. The van der Waals surface area contributed by atoms with Crippen LogP contribution in [-0.2, 0) is 10.8 Å². The second kappa shape index (κ2) is 8.02. The molecule has 0 bridgehead atoms. The van der Waals surface area contributed by atoms with Crippen LogP contribution < -0.4 is 10.6 Å². The first kappa shape index (κ1) is 14.9. The molecule has 0 aliphatic rings. The molecule has 18 heavy (non-hydrogen) atoms. The van der Waals surface area contributed by atoms with Crippen molar-refractivity contribution < 1.29 is 4.21 Å². The molecule has 0 spiro atoms. The molecule has 0 fully saturated rings. The fourth-order valence-corrected chi connectivity index (χ4v) is 2.02. The Kier molecular flexibility index (Phi) is 6.64. The van der Waals surface area contributed by atoms with Crippen LogP contribution in [0.3, 0.4) is 0 Å². The van der Waals surface area contributed by atoms with Gasteiger partial charge in [-0.3, -0.25) is 4.21 Å². The van der Waals surface area contributed by atoms with Crippen molar-refractivity contribution in [1.82, 2.24) is 9.97 Å². The second-order valence-corrected chi connectivity index (χ2v) is 5.76. The average molecular weight is 270 g/mol. The number of aromatic nitrogens is 2. The lowest BCUT2D eigenvalue weighted by atomic mass is 10.4. The van der Waals surface area contributed by atoms with Crippen molar-refractivity contribution in [2.45, 2.75) is 26.7 Å². The Morgan fingerprint density at radius 1 is 1.28 bits per heavy atom. The van der Waals surface area contributed by atoms with Crippen LogP contribution in [0.15, 0.2) is 6.07 Å². The van der Waals surface area contributed by atoms with Gasteiger partial charge in [-0.25, -0.2) is 4.98 Å². The van der Waals surface area contributed by atoms with Gasteiger partial charge in [0.25, 0.3) is 0 Å². The maximum atomic E-state index is 10.9. The molecule has 5 nitrogen and oxygen atoms in total. The van der Waals surface area contributed by atoms with Gasteiger partial charge in [0, 0.05) is 47.7 Å². The first-order valence-electron chi connectivity index (χ1n) is 6.25. The summed E-state index contributed by atoms with van der Waals surface area (Å²) in [6, 6.07) is 1.92. The number of rotatable bonds is 8. The van der Waals surface area contributed by atoms with Crippen LogP contribution in [-0.4, -0.2) is 39.3 Å². The highest BCUT2D eigenvalue weighted by atomic mass is 32.2. The predicted octanol–water partition coefficient (Wildman–Crippen LogP) is 1.79. The summed E-state index contributed by atoms with van der Waals surface area (Å²) < 4.78 is 10.9. The van der Waals surface area contributed by atoms with Gasteiger partial charge in [-0.05, 0) is 19.8 Å². The third kappa shape index (κ3) is 5.95. The number of aryl methyl sites for hydroxylation is 1. The van der Waals surface area contributed by atoms with E-state index in [2.05, 4.69) is 27.5 Å². The van der Waals surface area contributed by atoms with Crippen LogP contribution in [0.1, 0.15) is 25.5 Å². The molecule has 6 heteroatoms. The Morgan fingerprint density at radius 3 is 2.72 bits per heavy atom. The van der Waals surface area contributed by atoms with E-state index in [-0.39, 0.29) is 0 Å². The molecule has 0 saturated heterocycles. The summed E-state index contributed by atoms with van der Waals surface area (Å²) in [5, 5.41) is 6.41. The fraction of sp³-hybridized carbons (Fsp3) is 0.667. The van der Waals surface area contributed by atoms with Crippen LogP contribution in [0.2, 0.25) is 0 Å². The number of nitrogens with zero attached hydrogens (tertiary/aromatic N) is 2. The first-order valence-corrected chi connectivity index (χ1v) is 7.98. The molecule has 1 aromatic heterocycles. The average Bonchev–Trinajstić information content (AvgIpc) is 2.31. The summed E-state index contributed by atoms with van der Waals surface area (Å²) in [6.07, 6.45) is 3.65. The molecule has 102 valence electrons. The molecule has 1 unspecified atom stereocenters. The summed E-state index contributed by atoms with van der Waals surface area (Å²) in [4.78, 5) is 8.70. The van der Waals surface area contributed by atoms with E-state index >= 15 is 0 Å². The number of hydrogen-bond donors (Lipinski definition) is 2. The molecule has 0 saturated carbocycles. The lowest BCUT2D eigenvalue weighted by Gasteiger charge is -2.09. The van der Waals surface area contributed by atoms with Crippen LogP contribution in [0.4, 0.5) is 11.8 Å². The van der Waals surface area contributed by atoms with Crippen LogP contribution in [0.5, 0.6) is 0 Å². The Morgan fingerprint density at radius 2 is 2.06 bits per heavy atom. The normalized spacial score (nSPS) is 12.2. The van der Waals surface area contributed by atoms with Crippen molar-refractivity contribution in [2.24, 2.45) is 0 Å². The Labute approximate surface area is 111 Å². The predicted molar refractivity (Wildman–Crippen MR) is 77.6 cm³/mol. The van der Waals surface area contributed by atoms with E-state index in [4.69, 9.17) is 0 Å². The van der Waals surface area contributed by atoms with Crippen LogP contribution >= 0.6 is 0 Å². The molecule has 2 N–H and O–H groups in total. The highest BCUT2D eigenvalue weighted by Gasteiger charge is 2.01. The van der Waals surface area contributed by atoms with Gasteiger partial charge in [-0.1, -0.05) is 6.92 Å². The molecule has 1 rings (SSSR count). The monoisotopic (exact) mass is 270 g/mol. The number of hydrogen-bond acceptors (Lipinski definition) is 5. The van der Waals surface area contributed by atoms with Gasteiger partial charge in [-0.15, -0.1) is 0 Å². The highest BCUT2D eigenvalue weighted by Crippen LogP contribution is 2.09. The zero-order chi connectivity index (χ0) is 13.4. The van der Waals surface area contributed by atoms with Crippen molar-refractivity contribution in [3.8, 4) is 0 Å². The van der Waals surface area contributed by atoms with Gasteiger partial charge in [0.05, 0.1) is 0 Å². The van der Waals surface area contributed by atoms with Crippen molar-refractivity contribution in [1.29, 1.82) is 0 Å². The molecule has 0 aliphatic heterocycles. The standard InChI is InChI=1S/C12H22N4OS/c1-4-6-14-12-15-10(2)9-11(16-12)13-7-5-8-18(3)17/h9H,4-8H2,1-3H3,(H2,13,14,15,16). The maximum absolute atomic E-state index is 10.9. The minimum absolute atomic E-state index is 0.665. The summed E-state index contributed by atoms with van der Waals surface area (Å²) in [6.45, 7) is 5.71. The molecule has 0 radical (unpaired) electrons. The van der Waals surface area contributed by atoms with Crippen molar-refractivity contribution in [2.75, 3.05) is 35.7 Å². The van der Waals surface area contributed by atoms with Gasteiger partial charge in [0.1, 0.15) is 5.82 Å². The second-order valence-electron chi connectivity index (χ2n) is 4.20. The molecule has 0 amide bonds. The highest BCUT2D eigenvalue weighted by molar-refractivity contribution is 7.84. The summed E-state index contributed by atoms with van der Waals surface area (Å²) in [7, 11) is -0.722. The van der Waals surface area contributed by atoms with E-state index in [1.807, 2.05) is 13.0 Å². The van der Waals surface area contributed by atoms with E-state index in [9.17, 15) is 4.21 Å². The zero-order valence-electron chi connectivity index (χ0n) is 11.3.